The molecule has 3 aromatic rings. The van der Waals surface area contributed by atoms with E-state index < -0.39 is 5.97 Å². The molecule has 0 aliphatic heterocycles. The number of carbonyl (C=O) groups excluding carboxylic acids is 3. The Kier molecular flexibility index (Phi) is 7.79. The summed E-state index contributed by atoms with van der Waals surface area (Å²) in [6.07, 6.45) is 0.121. The normalized spacial score (nSPS) is 10.9. The largest absolute Gasteiger partial charge is 0.465 e. The lowest BCUT2D eigenvalue weighted by atomic mass is 10.1. The summed E-state index contributed by atoms with van der Waals surface area (Å²) in [6, 6.07) is 17.5. The van der Waals surface area contributed by atoms with E-state index in [0.29, 0.717) is 22.4 Å². The predicted molar refractivity (Wildman–Crippen MR) is 124 cm³/mol. The zero-order valence-corrected chi connectivity index (χ0v) is 18.5. The van der Waals surface area contributed by atoms with E-state index in [-0.39, 0.29) is 24.3 Å². The van der Waals surface area contributed by atoms with Gasteiger partial charge in [0.2, 0.25) is 11.8 Å². The van der Waals surface area contributed by atoms with Crippen molar-refractivity contribution in [1.82, 2.24) is 5.32 Å². The fourth-order valence-electron chi connectivity index (χ4n) is 3.02. The van der Waals surface area contributed by atoms with Crippen LogP contribution in [0.3, 0.4) is 0 Å². The molecule has 2 amide bonds. The minimum atomic E-state index is -0.418. The lowest BCUT2D eigenvalue weighted by Gasteiger charge is -2.16. The third kappa shape index (κ3) is 6.56. The van der Waals surface area contributed by atoms with Crippen LogP contribution in [0.2, 0.25) is 0 Å². The molecule has 3 rings (SSSR count). The van der Waals surface area contributed by atoms with Crippen LogP contribution in [0, 0.1) is 11.8 Å². The van der Waals surface area contributed by atoms with Gasteiger partial charge in [-0.15, -0.1) is 11.3 Å². The molecule has 0 aliphatic carbocycles. The van der Waals surface area contributed by atoms with Crippen molar-refractivity contribution in [3.05, 3.63) is 87.6 Å². The summed E-state index contributed by atoms with van der Waals surface area (Å²) >= 11 is 1.49. The van der Waals surface area contributed by atoms with Crippen molar-refractivity contribution in [2.45, 2.75) is 19.4 Å². The molecule has 1 aromatic heterocycles. The maximum Gasteiger partial charge on any atom is 0.337 e. The molecule has 0 saturated carbocycles. The molecule has 1 heterocycles. The average Bonchev–Trinajstić information content (AvgIpc) is 3.32. The van der Waals surface area contributed by atoms with Crippen molar-refractivity contribution in [3.8, 4) is 11.8 Å². The Morgan fingerprint density at radius 1 is 1.00 bits per heavy atom. The number of esters is 1. The molecule has 1 atom stereocenters. The molecule has 0 aliphatic rings. The summed E-state index contributed by atoms with van der Waals surface area (Å²) in [4.78, 5) is 36.7. The first-order valence-electron chi connectivity index (χ1n) is 9.85. The number of methoxy groups -OCH3 is 1. The second-order valence-corrected chi connectivity index (χ2v) is 7.90. The van der Waals surface area contributed by atoms with Gasteiger partial charge in [-0.25, -0.2) is 4.79 Å². The Bertz CT molecular complexity index is 1180. The van der Waals surface area contributed by atoms with Crippen molar-refractivity contribution in [3.63, 3.8) is 0 Å². The molecule has 7 heteroatoms. The van der Waals surface area contributed by atoms with Gasteiger partial charge in [-0.05, 0) is 47.8 Å². The molecule has 0 saturated heterocycles. The molecular formula is C25H22N2O4S. The van der Waals surface area contributed by atoms with Crippen LogP contribution >= 0.6 is 11.3 Å². The zero-order valence-electron chi connectivity index (χ0n) is 17.7. The van der Waals surface area contributed by atoms with E-state index in [0.717, 1.165) is 4.88 Å². The molecule has 162 valence electrons. The van der Waals surface area contributed by atoms with Gasteiger partial charge in [0.1, 0.15) is 0 Å². The van der Waals surface area contributed by atoms with Gasteiger partial charge in [-0.1, -0.05) is 30.0 Å². The van der Waals surface area contributed by atoms with Gasteiger partial charge in [-0.3, -0.25) is 9.59 Å². The van der Waals surface area contributed by atoms with E-state index in [1.54, 1.807) is 42.5 Å². The molecule has 2 aromatic carbocycles. The summed E-state index contributed by atoms with van der Waals surface area (Å²) in [5.74, 6) is 5.23. The molecule has 0 spiro atoms. The van der Waals surface area contributed by atoms with Crippen LogP contribution in [0.25, 0.3) is 0 Å². The molecule has 6 nitrogen and oxygen atoms in total. The van der Waals surface area contributed by atoms with Gasteiger partial charge in [0.25, 0.3) is 0 Å². The van der Waals surface area contributed by atoms with Crippen molar-refractivity contribution in [2.75, 3.05) is 12.4 Å². The van der Waals surface area contributed by atoms with E-state index in [1.165, 1.54) is 25.4 Å². The number of rotatable bonds is 6. The Morgan fingerprint density at radius 3 is 2.38 bits per heavy atom. The number of hydrogen-bond donors (Lipinski definition) is 2. The van der Waals surface area contributed by atoms with Crippen LogP contribution in [0.15, 0.2) is 66.0 Å². The molecule has 0 radical (unpaired) electrons. The lowest BCUT2D eigenvalue weighted by molar-refractivity contribution is -0.120. The lowest BCUT2D eigenvalue weighted by Crippen LogP contribution is -2.29. The summed E-state index contributed by atoms with van der Waals surface area (Å²) < 4.78 is 4.73. The second-order valence-electron chi connectivity index (χ2n) is 6.92. The quantitative estimate of drug-likeness (QED) is 0.440. The van der Waals surface area contributed by atoms with E-state index in [9.17, 15) is 14.4 Å². The van der Waals surface area contributed by atoms with E-state index in [1.807, 2.05) is 23.6 Å². The molecule has 0 unspecified atom stereocenters. The summed E-state index contributed by atoms with van der Waals surface area (Å²) in [7, 11) is 1.33. The number of thiophene rings is 1. The van der Waals surface area contributed by atoms with Gasteiger partial charge in [0.15, 0.2) is 0 Å². The Morgan fingerprint density at radius 2 is 1.72 bits per heavy atom. The number of benzene rings is 2. The molecule has 32 heavy (non-hydrogen) atoms. The minimum absolute atomic E-state index is 0.121. The van der Waals surface area contributed by atoms with E-state index in [2.05, 4.69) is 22.5 Å². The third-order valence-electron chi connectivity index (χ3n) is 4.43. The second kappa shape index (κ2) is 10.9. The van der Waals surface area contributed by atoms with Gasteiger partial charge in [-0.2, -0.15) is 0 Å². The maximum atomic E-state index is 12.6. The minimum Gasteiger partial charge on any atom is -0.465 e. The third-order valence-corrected chi connectivity index (χ3v) is 5.42. The molecular weight excluding hydrogens is 424 g/mol. The van der Waals surface area contributed by atoms with Crippen LogP contribution in [0.5, 0.6) is 0 Å². The zero-order chi connectivity index (χ0) is 22.9. The van der Waals surface area contributed by atoms with Crippen molar-refractivity contribution in [2.24, 2.45) is 0 Å². The fraction of sp³-hybridized carbons (Fsp3) is 0.160. The Labute approximate surface area is 190 Å². The van der Waals surface area contributed by atoms with E-state index in [4.69, 9.17) is 4.74 Å². The van der Waals surface area contributed by atoms with Crippen LogP contribution < -0.4 is 10.6 Å². The average molecular weight is 447 g/mol. The van der Waals surface area contributed by atoms with Gasteiger partial charge >= 0.3 is 5.97 Å². The topological polar surface area (TPSA) is 84.5 Å². The summed E-state index contributed by atoms with van der Waals surface area (Å²) in [6.45, 7) is 1.43. The van der Waals surface area contributed by atoms with Crippen molar-refractivity contribution < 1.29 is 19.1 Å². The standard InChI is InChI=1S/C25H22N2O4S/c1-17(28)26-22(23-10-5-13-32-23)16-24(29)27-21-9-4-7-19(15-21)12-11-18-6-3-8-20(14-18)25(30)31-2/h3-10,13-15,22H,16H2,1-2H3,(H,26,28)(H,27,29)/t22-/m0/s1. The maximum absolute atomic E-state index is 12.6. The highest BCUT2D eigenvalue weighted by atomic mass is 32.1. The van der Waals surface area contributed by atoms with Gasteiger partial charge < -0.3 is 15.4 Å². The highest BCUT2D eigenvalue weighted by molar-refractivity contribution is 7.10. The summed E-state index contributed by atoms with van der Waals surface area (Å²) in [5, 5.41) is 7.59. The van der Waals surface area contributed by atoms with Crippen LogP contribution in [0.1, 0.15) is 45.7 Å². The molecule has 0 fully saturated rings. The highest BCUT2D eigenvalue weighted by Crippen LogP contribution is 2.23. The van der Waals surface area contributed by atoms with Crippen LogP contribution in [0.4, 0.5) is 5.69 Å². The van der Waals surface area contributed by atoms with Gasteiger partial charge in [0, 0.05) is 28.6 Å². The van der Waals surface area contributed by atoms with Crippen LogP contribution in [-0.2, 0) is 14.3 Å². The number of ether oxygens (including phenoxy) is 1. The number of anilines is 1. The predicted octanol–water partition coefficient (Wildman–Crippen LogP) is 4.14. The first-order chi connectivity index (χ1) is 15.4. The molecule has 2 N–H and O–H groups in total. The van der Waals surface area contributed by atoms with Gasteiger partial charge in [0.05, 0.1) is 25.1 Å². The smallest absolute Gasteiger partial charge is 0.337 e. The number of hydrogen-bond acceptors (Lipinski definition) is 5. The first-order valence-corrected chi connectivity index (χ1v) is 10.7. The summed E-state index contributed by atoms with van der Waals surface area (Å²) in [5.41, 5.74) is 2.43. The highest BCUT2D eigenvalue weighted by Gasteiger charge is 2.18. The monoisotopic (exact) mass is 446 g/mol. The molecule has 0 bridgehead atoms. The SMILES string of the molecule is COC(=O)c1cccc(C#Cc2cccc(NC(=O)C[C@H](NC(C)=O)c3cccs3)c2)c1. The number of carbonyl (C=O) groups is 3. The van der Waals surface area contributed by atoms with E-state index >= 15 is 0 Å². The first kappa shape index (κ1) is 22.8. The van der Waals surface area contributed by atoms with Crippen LogP contribution in [-0.4, -0.2) is 24.9 Å². The fourth-order valence-corrected chi connectivity index (χ4v) is 3.79. The number of amides is 2. The Balaban J connectivity index is 1.69. The van der Waals surface area contributed by atoms with Crippen molar-refractivity contribution >= 4 is 34.8 Å². The Hall–Kier alpha value is -3.89. The number of nitrogens with one attached hydrogen (secondary N) is 2. The van der Waals surface area contributed by atoms with Crippen molar-refractivity contribution in [1.29, 1.82) is 0 Å².